The number of carbonyl (C=O) groups excluding carboxylic acids is 2. The summed E-state index contributed by atoms with van der Waals surface area (Å²) in [7, 11) is 0. The van der Waals surface area contributed by atoms with Crippen molar-refractivity contribution in [2.24, 2.45) is 5.73 Å². The SMILES string of the molecule is NC(=O)COc1ccccc1C(=O)/C=C/c1ccccc1. The third-order valence-corrected chi connectivity index (χ3v) is 2.75. The van der Waals surface area contributed by atoms with Crippen LogP contribution in [0.15, 0.2) is 60.7 Å². The maximum Gasteiger partial charge on any atom is 0.255 e. The highest BCUT2D eigenvalue weighted by molar-refractivity contribution is 6.08. The highest BCUT2D eigenvalue weighted by Gasteiger charge is 2.10. The van der Waals surface area contributed by atoms with E-state index in [1.165, 1.54) is 6.08 Å². The summed E-state index contributed by atoms with van der Waals surface area (Å²) < 4.78 is 5.24. The predicted molar refractivity (Wildman–Crippen MR) is 80.9 cm³/mol. The molecule has 0 aliphatic heterocycles. The molecule has 2 aromatic carbocycles. The molecule has 0 fully saturated rings. The maximum atomic E-state index is 12.2. The first-order valence-corrected chi connectivity index (χ1v) is 6.44. The number of ketones is 1. The largest absolute Gasteiger partial charge is 0.483 e. The van der Waals surface area contributed by atoms with Crippen molar-refractivity contribution in [2.45, 2.75) is 0 Å². The van der Waals surface area contributed by atoms with Gasteiger partial charge in [-0.3, -0.25) is 9.59 Å². The van der Waals surface area contributed by atoms with E-state index in [1.807, 2.05) is 30.3 Å². The van der Waals surface area contributed by atoms with Crippen molar-refractivity contribution in [3.63, 3.8) is 0 Å². The topological polar surface area (TPSA) is 69.4 Å². The molecule has 0 saturated carbocycles. The second-order valence-corrected chi connectivity index (χ2v) is 4.36. The van der Waals surface area contributed by atoms with Crippen molar-refractivity contribution in [2.75, 3.05) is 6.61 Å². The number of amides is 1. The number of hydrogen-bond donors (Lipinski definition) is 1. The Hall–Kier alpha value is -2.88. The average molecular weight is 281 g/mol. The lowest BCUT2D eigenvalue weighted by Gasteiger charge is -2.07. The van der Waals surface area contributed by atoms with Crippen LogP contribution in [0.3, 0.4) is 0 Å². The first-order valence-electron chi connectivity index (χ1n) is 6.44. The van der Waals surface area contributed by atoms with Gasteiger partial charge >= 0.3 is 0 Å². The van der Waals surface area contributed by atoms with E-state index in [2.05, 4.69) is 0 Å². The minimum Gasteiger partial charge on any atom is -0.483 e. The fourth-order valence-corrected chi connectivity index (χ4v) is 1.77. The molecule has 2 N–H and O–H groups in total. The molecule has 0 unspecified atom stereocenters. The smallest absolute Gasteiger partial charge is 0.255 e. The Balaban J connectivity index is 2.15. The molecule has 106 valence electrons. The Morgan fingerprint density at radius 1 is 1.00 bits per heavy atom. The number of rotatable bonds is 6. The van der Waals surface area contributed by atoms with Gasteiger partial charge in [0, 0.05) is 0 Å². The molecule has 0 radical (unpaired) electrons. The van der Waals surface area contributed by atoms with Gasteiger partial charge in [0.25, 0.3) is 5.91 Å². The van der Waals surface area contributed by atoms with E-state index in [0.29, 0.717) is 11.3 Å². The van der Waals surface area contributed by atoms with E-state index in [0.717, 1.165) is 5.56 Å². The molecule has 2 aromatic rings. The zero-order chi connectivity index (χ0) is 15.1. The second-order valence-electron chi connectivity index (χ2n) is 4.36. The van der Waals surface area contributed by atoms with Gasteiger partial charge in [-0.05, 0) is 23.8 Å². The Kier molecular flexibility index (Phi) is 4.88. The predicted octanol–water partition coefficient (Wildman–Crippen LogP) is 2.45. The quantitative estimate of drug-likeness (QED) is 0.653. The summed E-state index contributed by atoms with van der Waals surface area (Å²) >= 11 is 0. The van der Waals surface area contributed by atoms with Crippen LogP contribution < -0.4 is 10.5 Å². The summed E-state index contributed by atoms with van der Waals surface area (Å²) in [6.07, 6.45) is 3.20. The van der Waals surface area contributed by atoms with Crippen molar-refractivity contribution in [3.8, 4) is 5.75 Å². The van der Waals surface area contributed by atoms with Crippen LogP contribution in [0.5, 0.6) is 5.75 Å². The Labute approximate surface area is 122 Å². The van der Waals surface area contributed by atoms with Gasteiger partial charge in [-0.1, -0.05) is 48.5 Å². The van der Waals surface area contributed by atoms with Crippen molar-refractivity contribution in [3.05, 3.63) is 71.8 Å². The molecule has 1 amide bonds. The van der Waals surface area contributed by atoms with Crippen LogP contribution in [0.4, 0.5) is 0 Å². The van der Waals surface area contributed by atoms with Crippen LogP contribution in [0.25, 0.3) is 6.08 Å². The summed E-state index contributed by atoms with van der Waals surface area (Å²) in [5.74, 6) is -0.435. The number of carbonyl (C=O) groups is 2. The van der Waals surface area contributed by atoms with Gasteiger partial charge in [0.2, 0.25) is 0 Å². The van der Waals surface area contributed by atoms with E-state index in [-0.39, 0.29) is 12.4 Å². The highest BCUT2D eigenvalue weighted by Crippen LogP contribution is 2.19. The van der Waals surface area contributed by atoms with E-state index in [1.54, 1.807) is 30.3 Å². The van der Waals surface area contributed by atoms with Gasteiger partial charge in [-0.15, -0.1) is 0 Å². The monoisotopic (exact) mass is 281 g/mol. The fraction of sp³-hybridized carbons (Fsp3) is 0.0588. The average Bonchev–Trinajstić information content (AvgIpc) is 2.52. The Bertz CT molecular complexity index is 663. The first kappa shape index (κ1) is 14.5. The van der Waals surface area contributed by atoms with Crippen LogP contribution in [-0.4, -0.2) is 18.3 Å². The third kappa shape index (κ3) is 4.31. The van der Waals surface area contributed by atoms with Gasteiger partial charge in [0.1, 0.15) is 5.75 Å². The van der Waals surface area contributed by atoms with Gasteiger partial charge in [-0.25, -0.2) is 0 Å². The maximum absolute atomic E-state index is 12.2. The highest BCUT2D eigenvalue weighted by atomic mass is 16.5. The summed E-state index contributed by atoms with van der Waals surface area (Å²) in [6.45, 7) is -0.257. The first-order chi connectivity index (χ1) is 10.2. The standard InChI is InChI=1S/C17H15NO3/c18-17(20)12-21-16-9-5-4-8-14(16)15(19)11-10-13-6-2-1-3-7-13/h1-11H,12H2,(H2,18,20)/b11-10+. The minimum absolute atomic E-state index is 0.195. The minimum atomic E-state index is -0.586. The number of ether oxygens (including phenoxy) is 1. The number of para-hydroxylation sites is 1. The zero-order valence-electron chi connectivity index (χ0n) is 11.4. The summed E-state index contributed by atoms with van der Waals surface area (Å²) in [5, 5.41) is 0. The van der Waals surface area contributed by atoms with Crippen LogP contribution in [0, 0.1) is 0 Å². The number of nitrogens with two attached hydrogens (primary N) is 1. The van der Waals surface area contributed by atoms with Crippen LogP contribution in [0.1, 0.15) is 15.9 Å². The molecule has 0 bridgehead atoms. The summed E-state index contributed by atoms with van der Waals surface area (Å²) in [6, 6.07) is 16.3. The number of benzene rings is 2. The van der Waals surface area contributed by atoms with Crippen LogP contribution in [-0.2, 0) is 4.79 Å². The Morgan fingerprint density at radius 2 is 1.67 bits per heavy atom. The number of primary amides is 1. The molecule has 21 heavy (non-hydrogen) atoms. The molecule has 0 spiro atoms. The van der Waals surface area contributed by atoms with E-state index >= 15 is 0 Å². The number of allylic oxidation sites excluding steroid dienone is 1. The molecule has 0 heterocycles. The van der Waals surface area contributed by atoms with Crippen molar-refractivity contribution in [1.29, 1.82) is 0 Å². The third-order valence-electron chi connectivity index (χ3n) is 2.75. The van der Waals surface area contributed by atoms with E-state index < -0.39 is 5.91 Å². The van der Waals surface area contributed by atoms with Gasteiger partial charge < -0.3 is 10.5 Å². The van der Waals surface area contributed by atoms with Crippen molar-refractivity contribution < 1.29 is 14.3 Å². The van der Waals surface area contributed by atoms with Crippen LogP contribution in [0.2, 0.25) is 0 Å². The molecule has 0 saturated heterocycles. The lowest BCUT2D eigenvalue weighted by molar-refractivity contribution is -0.119. The molecular formula is C17H15NO3. The molecule has 0 aliphatic carbocycles. The number of hydrogen-bond acceptors (Lipinski definition) is 3. The molecule has 0 aliphatic rings. The zero-order valence-corrected chi connectivity index (χ0v) is 11.4. The summed E-state index contributed by atoms with van der Waals surface area (Å²) in [4.78, 5) is 23.0. The second kappa shape index (κ2) is 7.05. The van der Waals surface area contributed by atoms with E-state index in [9.17, 15) is 9.59 Å². The van der Waals surface area contributed by atoms with Gasteiger partial charge in [-0.2, -0.15) is 0 Å². The molecule has 4 heteroatoms. The van der Waals surface area contributed by atoms with Gasteiger partial charge in [0.15, 0.2) is 12.4 Å². The molecular weight excluding hydrogens is 266 g/mol. The Morgan fingerprint density at radius 3 is 2.38 bits per heavy atom. The van der Waals surface area contributed by atoms with Gasteiger partial charge in [0.05, 0.1) is 5.56 Å². The lowest BCUT2D eigenvalue weighted by Crippen LogP contribution is -2.20. The lowest BCUT2D eigenvalue weighted by atomic mass is 10.1. The fourth-order valence-electron chi connectivity index (χ4n) is 1.77. The van der Waals surface area contributed by atoms with Crippen LogP contribution >= 0.6 is 0 Å². The summed E-state index contributed by atoms with van der Waals surface area (Å²) in [5.41, 5.74) is 6.36. The van der Waals surface area contributed by atoms with Crippen molar-refractivity contribution in [1.82, 2.24) is 0 Å². The molecule has 0 aromatic heterocycles. The molecule has 4 nitrogen and oxygen atoms in total. The van der Waals surface area contributed by atoms with Crippen molar-refractivity contribution >= 4 is 17.8 Å². The molecule has 0 atom stereocenters. The van der Waals surface area contributed by atoms with E-state index in [4.69, 9.17) is 10.5 Å². The normalized spacial score (nSPS) is 10.5. The molecule has 2 rings (SSSR count).